The van der Waals surface area contributed by atoms with Crippen molar-refractivity contribution in [2.75, 3.05) is 5.32 Å². The Kier molecular flexibility index (Phi) is 5.78. The number of carbonyl (C=O) groups is 2. The minimum absolute atomic E-state index is 0.0767. The Morgan fingerprint density at radius 1 is 1.00 bits per heavy atom. The van der Waals surface area contributed by atoms with Crippen molar-refractivity contribution >= 4 is 39.5 Å². The molecular formula is C22H16FN3O2S2. The van der Waals surface area contributed by atoms with Crippen LogP contribution in [-0.4, -0.2) is 21.7 Å². The van der Waals surface area contributed by atoms with Gasteiger partial charge in [0.25, 0.3) is 0 Å². The van der Waals surface area contributed by atoms with Crippen LogP contribution in [0.1, 0.15) is 22.3 Å². The lowest BCUT2D eigenvalue weighted by Crippen LogP contribution is -2.14. The number of ketones is 1. The quantitative estimate of drug-likeness (QED) is 0.407. The van der Waals surface area contributed by atoms with Crippen molar-refractivity contribution in [1.82, 2.24) is 9.97 Å². The number of thiazole rings is 2. The van der Waals surface area contributed by atoms with Crippen LogP contribution < -0.4 is 5.32 Å². The molecule has 30 heavy (non-hydrogen) atoms. The third-order valence-electron chi connectivity index (χ3n) is 4.23. The van der Waals surface area contributed by atoms with E-state index in [0.717, 1.165) is 27.5 Å². The summed E-state index contributed by atoms with van der Waals surface area (Å²) in [5.41, 5.74) is 2.80. The van der Waals surface area contributed by atoms with Crippen LogP contribution in [0.4, 0.5) is 9.52 Å². The number of Topliss-reactive ketones (excluding diaryl/α,β-unsaturated/α-hetero) is 1. The van der Waals surface area contributed by atoms with E-state index in [9.17, 15) is 14.0 Å². The first kappa shape index (κ1) is 20.1. The Labute approximate surface area is 180 Å². The predicted molar refractivity (Wildman–Crippen MR) is 117 cm³/mol. The van der Waals surface area contributed by atoms with Gasteiger partial charge >= 0.3 is 0 Å². The summed E-state index contributed by atoms with van der Waals surface area (Å²) in [6.45, 7) is 1.48. The minimum Gasteiger partial charge on any atom is -0.302 e. The second-order valence-electron chi connectivity index (χ2n) is 6.49. The number of carbonyl (C=O) groups excluding carboxylic acids is 2. The highest BCUT2D eigenvalue weighted by Gasteiger charge is 2.18. The molecule has 150 valence electrons. The lowest BCUT2D eigenvalue weighted by atomic mass is 10.1. The summed E-state index contributed by atoms with van der Waals surface area (Å²) in [6.07, 6.45) is 0.0767. The van der Waals surface area contributed by atoms with E-state index < -0.39 is 0 Å². The van der Waals surface area contributed by atoms with Crippen LogP contribution in [0.15, 0.2) is 60.0 Å². The zero-order valence-electron chi connectivity index (χ0n) is 15.9. The largest absolute Gasteiger partial charge is 0.302 e. The van der Waals surface area contributed by atoms with Gasteiger partial charge in [0.2, 0.25) is 5.91 Å². The number of rotatable bonds is 6. The molecule has 0 aliphatic heterocycles. The van der Waals surface area contributed by atoms with Crippen molar-refractivity contribution in [3.63, 3.8) is 0 Å². The molecule has 4 rings (SSSR count). The van der Waals surface area contributed by atoms with Gasteiger partial charge in [-0.15, -0.1) is 11.3 Å². The third kappa shape index (κ3) is 4.50. The molecule has 0 bridgehead atoms. The molecule has 0 radical (unpaired) electrons. The average Bonchev–Trinajstić information content (AvgIpc) is 3.36. The van der Waals surface area contributed by atoms with E-state index in [4.69, 9.17) is 0 Å². The van der Waals surface area contributed by atoms with Crippen LogP contribution in [0.5, 0.6) is 0 Å². The Bertz CT molecular complexity index is 1200. The molecule has 0 fully saturated rings. The normalized spacial score (nSPS) is 10.7. The van der Waals surface area contributed by atoms with Crippen molar-refractivity contribution in [3.05, 3.63) is 76.4 Å². The van der Waals surface area contributed by atoms with E-state index in [1.807, 2.05) is 30.3 Å². The summed E-state index contributed by atoms with van der Waals surface area (Å²) in [7, 11) is 0. The van der Waals surface area contributed by atoms with E-state index in [0.29, 0.717) is 21.4 Å². The van der Waals surface area contributed by atoms with E-state index in [1.54, 1.807) is 17.5 Å². The molecule has 8 heteroatoms. The van der Waals surface area contributed by atoms with Gasteiger partial charge in [-0.2, -0.15) is 0 Å². The maximum absolute atomic E-state index is 13.1. The number of nitrogens with one attached hydrogen (secondary N) is 1. The first-order chi connectivity index (χ1) is 14.5. The molecule has 2 aromatic carbocycles. The molecule has 0 spiro atoms. The highest BCUT2D eigenvalue weighted by atomic mass is 32.1. The maximum atomic E-state index is 13.1. The number of halogens is 1. The Balaban J connectivity index is 1.48. The lowest BCUT2D eigenvalue weighted by Gasteiger charge is -2.00. The van der Waals surface area contributed by atoms with E-state index in [2.05, 4.69) is 15.3 Å². The van der Waals surface area contributed by atoms with E-state index >= 15 is 0 Å². The lowest BCUT2D eigenvalue weighted by molar-refractivity contribution is -0.115. The summed E-state index contributed by atoms with van der Waals surface area (Å²) in [5, 5.41) is 5.66. The predicted octanol–water partition coefficient (Wildman–Crippen LogP) is 5.46. The first-order valence-corrected chi connectivity index (χ1v) is 10.8. The van der Waals surface area contributed by atoms with Gasteiger partial charge < -0.3 is 5.32 Å². The van der Waals surface area contributed by atoms with Gasteiger partial charge in [0.1, 0.15) is 10.8 Å². The van der Waals surface area contributed by atoms with Crippen molar-refractivity contribution < 1.29 is 14.0 Å². The van der Waals surface area contributed by atoms with Gasteiger partial charge in [-0.25, -0.2) is 14.4 Å². The number of nitrogens with zero attached hydrogens (tertiary/aromatic N) is 2. The summed E-state index contributed by atoms with van der Waals surface area (Å²) in [4.78, 5) is 33.9. The number of hydrogen-bond acceptors (Lipinski definition) is 6. The highest BCUT2D eigenvalue weighted by molar-refractivity contribution is 7.18. The summed E-state index contributed by atoms with van der Waals surface area (Å²) >= 11 is 2.55. The minimum atomic E-state index is -0.307. The SMILES string of the molecule is CC(=O)c1sc(NC(=O)Cc2csc(-c3ccc(F)cc3)n2)nc1-c1ccccc1. The molecule has 2 heterocycles. The molecular weight excluding hydrogens is 421 g/mol. The van der Waals surface area contributed by atoms with Crippen LogP contribution in [0.2, 0.25) is 0 Å². The molecule has 0 unspecified atom stereocenters. The van der Waals surface area contributed by atoms with Crippen LogP contribution in [0, 0.1) is 5.82 Å². The van der Waals surface area contributed by atoms with Crippen LogP contribution >= 0.6 is 22.7 Å². The molecule has 0 aliphatic rings. The molecule has 1 amide bonds. The summed E-state index contributed by atoms with van der Waals surface area (Å²) < 4.78 is 13.1. The molecule has 4 aromatic rings. The standard InChI is InChI=1S/C22H16FN3O2S2/c1-13(27)20-19(14-5-3-2-4-6-14)26-22(30-20)25-18(28)11-17-12-29-21(24-17)15-7-9-16(23)10-8-15/h2-10,12H,11H2,1H3,(H,25,26,28). The number of hydrogen-bond donors (Lipinski definition) is 1. The molecule has 0 saturated carbocycles. The monoisotopic (exact) mass is 437 g/mol. The Hall–Kier alpha value is -3.23. The van der Waals surface area contributed by atoms with Crippen molar-refractivity contribution in [1.29, 1.82) is 0 Å². The first-order valence-electron chi connectivity index (χ1n) is 9.07. The van der Waals surface area contributed by atoms with Crippen LogP contribution in [-0.2, 0) is 11.2 Å². The van der Waals surface area contributed by atoms with Crippen molar-refractivity contribution in [3.8, 4) is 21.8 Å². The summed E-state index contributed by atoms with van der Waals surface area (Å²) in [5.74, 6) is -0.678. The fourth-order valence-electron chi connectivity index (χ4n) is 2.85. The molecule has 0 aliphatic carbocycles. The van der Waals surface area contributed by atoms with E-state index in [1.165, 1.54) is 30.4 Å². The molecule has 0 atom stereocenters. The van der Waals surface area contributed by atoms with Gasteiger partial charge in [-0.3, -0.25) is 9.59 Å². The molecule has 1 N–H and O–H groups in total. The Morgan fingerprint density at radius 3 is 2.43 bits per heavy atom. The van der Waals surface area contributed by atoms with Gasteiger partial charge in [0, 0.05) is 23.4 Å². The third-order valence-corrected chi connectivity index (χ3v) is 6.24. The zero-order valence-corrected chi connectivity index (χ0v) is 17.5. The summed E-state index contributed by atoms with van der Waals surface area (Å²) in [6, 6.07) is 15.4. The van der Waals surface area contributed by atoms with Gasteiger partial charge in [-0.1, -0.05) is 41.7 Å². The Morgan fingerprint density at radius 2 is 1.73 bits per heavy atom. The number of aromatic nitrogens is 2. The second kappa shape index (κ2) is 8.64. The topological polar surface area (TPSA) is 72.0 Å². The fraction of sp³-hybridized carbons (Fsp3) is 0.0909. The molecule has 5 nitrogen and oxygen atoms in total. The smallest absolute Gasteiger partial charge is 0.232 e. The second-order valence-corrected chi connectivity index (χ2v) is 8.35. The van der Waals surface area contributed by atoms with Crippen molar-refractivity contribution in [2.45, 2.75) is 13.3 Å². The van der Waals surface area contributed by atoms with Gasteiger partial charge in [0.05, 0.1) is 22.7 Å². The number of amides is 1. The van der Waals surface area contributed by atoms with Gasteiger partial charge in [0.15, 0.2) is 10.9 Å². The van der Waals surface area contributed by atoms with E-state index in [-0.39, 0.29) is 23.9 Å². The number of benzene rings is 2. The average molecular weight is 438 g/mol. The van der Waals surface area contributed by atoms with Gasteiger partial charge in [-0.05, 0) is 24.3 Å². The van der Waals surface area contributed by atoms with Crippen molar-refractivity contribution in [2.24, 2.45) is 0 Å². The van der Waals surface area contributed by atoms with Crippen LogP contribution in [0.3, 0.4) is 0 Å². The fourth-order valence-corrected chi connectivity index (χ4v) is 4.57. The van der Waals surface area contributed by atoms with Crippen LogP contribution in [0.25, 0.3) is 21.8 Å². The maximum Gasteiger partial charge on any atom is 0.232 e. The zero-order chi connectivity index (χ0) is 21.1. The highest BCUT2D eigenvalue weighted by Crippen LogP contribution is 2.31. The molecule has 2 aromatic heterocycles. The molecule has 0 saturated heterocycles. The number of anilines is 1.